The highest BCUT2D eigenvalue weighted by atomic mass is 15.0. The zero-order chi connectivity index (χ0) is 41.0. The standard InChI is InChI=1S/C57H37N5/c1-4-18-38(19-5-1)43-34-32-42(37-54(43)62-51-30-16-12-26-46(51)47-27-13-17-31-52(47)62)57-59-55(40-22-8-3-9-23-40)58-56(60-57)41-33-35-53(48(36-41)39-20-6-2-7-21-39)61-49-28-14-10-24-44(49)45-25-11-15-29-50(45)61/h1-37H. The zero-order valence-electron chi connectivity index (χ0n) is 33.6. The van der Waals surface area contributed by atoms with Crippen molar-refractivity contribution in [1.82, 2.24) is 24.1 Å². The molecule has 0 amide bonds. The Morgan fingerprint density at radius 1 is 0.242 bits per heavy atom. The number of para-hydroxylation sites is 4. The summed E-state index contributed by atoms with van der Waals surface area (Å²) in [5.74, 6) is 1.82. The number of benzene rings is 9. The van der Waals surface area contributed by atoms with Gasteiger partial charge in [0.2, 0.25) is 0 Å². The molecule has 3 aromatic heterocycles. The number of nitrogens with zero attached hydrogens (tertiary/aromatic N) is 5. The molecule has 0 aliphatic heterocycles. The Labute approximate surface area is 358 Å². The van der Waals surface area contributed by atoms with Crippen molar-refractivity contribution < 1.29 is 0 Å². The maximum absolute atomic E-state index is 5.34. The molecule has 0 aliphatic carbocycles. The quantitative estimate of drug-likeness (QED) is 0.162. The summed E-state index contributed by atoms with van der Waals surface area (Å²) < 4.78 is 4.77. The van der Waals surface area contributed by atoms with Gasteiger partial charge in [0.05, 0.1) is 33.4 Å². The van der Waals surface area contributed by atoms with E-state index < -0.39 is 0 Å². The number of fused-ring (bicyclic) bond motifs is 6. The highest BCUT2D eigenvalue weighted by molar-refractivity contribution is 6.11. The minimum absolute atomic E-state index is 0.600. The van der Waals surface area contributed by atoms with E-state index in [0.29, 0.717) is 17.5 Å². The fourth-order valence-corrected chi connectivity index (χ4v) is 9.15. The van der Waals surface area contributed by atoms with Crippen LogP contribution >= 0.6 is 0 Å². The summed E-state index contributed by atoms with van der Waals surface area (Å²) in [4.78, 5) is 15.8. The molecule has 5 heteroatoms. The summed E-state index contributed by atoms with van der Waals surface area (Å²) in [6.07, 6.45) is 0. The van der Waals surface area contributed by atoms with Gasteiger partial charge in [-0.15, -0.1) is 0 Å². The van der Waals surface area contributed by atoms with Crippen molar-refractivity contribution in [3.05, 3.63) is 224 Å². The monoisotopic (exact) mass is 791 g/mol. The summed E-state index contributed by atoms with van der Waals surface area (Å²) in [5.41, 5.74) is 13.9. The van der Waals surface area contributed by atoms with Crippen LogP contribution < -0.4 is 0 Å². The maximum atomic E-state index is 5.34. The van der Waals surface area contributed by atoms with Gasteiger partial charge < -0.3 is 9.13 Å². The van der Waals surface area contributed by atoms with Crippen molar-refractivity contribution in [2.75, 3.05) is 0 Å². The van der Waals surface area contributed by atoms with Crippen LogP contribution in [0, 0.1) is 0 Å². The molecule has 0 bridgehead atoms. The zero-order valence-corrected chi connectivity index (χ0v) is 33.6. The molecule has 0 fully saturated rings. The molecule has 62 heavy (non-hydrogen) atoms. The van der Waals surface area contributed by atoms with Crippen LogP contribution in [-0.4, -0.2) is 24.1 Å². The molecular formula is C57H37N5. The fraction of sp³-hybridized carbons (Fsp3) is 0. The Hall–Kier alpha value is -8.41. The van der Waals surface area contributed by atoms with E-state index >= 15 is 0 Å². The van der Waals surface area contributed by atoms with Gasteiger partial charge in [-0.2, -0.15) is 0 Å². The van der Waals surface area contributed by atoms with Crippen molar-refractivity contribution in [3.63, 3.8) is 0 Å². The van der Waals surface area contributed by atoms with Gasteiger partial charge in [-0.1, -0.05) is 176 Å². The van der Waals surface area contributed by atoms with Crippen molar-refractivity contribution in [2.24, 2.45) is 0 Å². The van der Waals surface area contributed by atoms with Gasteiger partial charge in [0.15, 0.2) is 17.5 Å². The van der Waals surface area contributed by atoms with E-state index in [1.807, 2.05) is 18.2 Å². The van der Waals surface area contributed by atoms with Gasteiger partial charge in [-0.05, 0) is 59.7 Å². The van der Waals surface area contributed by atoms with Crippen LogP contribution in [0.2, 0.25) is 0 Å². The first-order valence-corrected chi connectivity index (χ1v) is 21.0. The van der Waals surface area contributed by atoms with Crippen LogP contribution in [0.1, 0.15) is 0 Å². The van der Waals surface area contributed by atoms with E-state index in [1.165, 1.54) is 21.5 Å². The van der Waals surface area contributed by atoms with Gasteiger partial charge in [-0.25, -0.2) is 15.0 Å². The van der Waals surface area contributed by atoms with Gasteiger partial charge in [0.1, 0.15) is 0 Å². The van der Waals surface area contributed by atoms with Gasteiger partial charge in [0, 0.05) is 49.4 Å². The van der Waals surface area contributed by atoms with E-state index in [-0.39, 0.29) is 0 Å². The third kappa shape index (κ3) is 5.90. The molecular weight excluding hydrogens is 755 g/mol. The van der Waals surface area contributed by atoms with Crippen molar-refractivity contribution >= 4 is 43.6 Å². The molecule has 0 saturated carbocycles. The van der Waals surface area contributed by atoms with Gasteiger partial charge in [0.25, 0.3) is 0 Å². The molecule has 0 N–H and O–H groups in total. The second-order valence-electron chi connectivity index (χ2n) is 15.6. The summed E-state index contributed by atoms with van der Waals surface area (Å²) in [6, 6.07) is 79.2. The summed E-state index contributed by atoms with van der Waals surface area (Å²) in [7, 11) is 0. The number of rotatable bonds is 7. The van der Waals surface area contributed by atoms with Crippen molar-refractivity contribution in [1.29, 1.82) is 0 Å². The molecule has 12 aromatic rings. The Bertz CT molecular complexity index is 3520. The van der Waals surface area contributed by atoms with E-state index in [1.54, 1.807) is 0 Å². The second kappa shape index (κ2) is 14.7. The molecule has 12 rings (SSSR count). The van der Waals surface area contributed by atoms with Crippen LogP contribution in [0.5, 0.6) is 0 Å². The molecule has 3 heterocycles. The SMILES string of the molecule is c1ccc(-c2nc(-c3ccc(-n4c5ccccc5c5ccccc54)c(-c4ccccc4)c3)nc(-c3ccc(-c4ccccc4)c(-n4c5ccccc5c5ccccc54)c3)n2)cc1. The Kier molecular flexibility index (Phi) is 8.42. The number of hydrogen-bond donors (Lipinski definition) is 0. The molecule has 0 aliphatic rings. The lowest BCUT2D eigenvalue weighted by Crippen LogP contribution is -2.03. The molecule has 290 valence electrons. The molecule has 0 saturated heterocycles. The maximum Gasteiger partial charge on any atom is 0.164 e. The van der Waals surface area contributed by atoms with Gasteiger partial charge in [-0.3, -0.25) is 0 Å². The van der Waals surface area contributed by atoms with Crippen LogP contribution in [0.3, 0.4) is 0 Å². The van der Waals surface area contributed by atoms with Crippen molar-refractivity contribution in [3.8, 4) is 67.8 Å². The molecule has 0 unspecified atom stereocenters. The van der Waals surface area contributed by atoms with Crippen LogP contribution in [0.25, 0.3) is 111 Å². The predicted molar refractivity (Wildman–Crippen MR) is 256 cm³/mol. The first-order valence-electron chi connectivity index (χ1n) is 21.0. The molecule has 5 nitrogen and oxygen atoms in total. The second-order valence-corrected chi connectivity index (χ2v) is 15.6. The topological polar surface area (TPSA) is 48.5 Å². The predicted octanol–water partition coefficient (Wildman–Crippen LogP) is 14.4. The van der Waals surface area contributed by atoms with E-state index in [4.69, 9.17) is 15.0 Å². The molecule has 0 atom stereocenters. The Morgan fingerprint density at radius 2 is 0.597 bits per heavy atom. The third-order valence-corrected chi connectivity index (χ3v) is 12.0. The average Bonchev–Trinajstić information content (AvgIpc) is 3.87. The number of aromatic nitrogens is 5. The molecule has 0 radical (unpaired) electrons. The first-order chi connectivity index (χ1) is 30.8. The summed E-state index contributed by atoms with van der Waals surface area (Å²) in [5, 5.41) is 4.86. The minimum atomic E-state index is 0.600. The normalized spacial score (nSPS) is 11.5. The number of hydrogen-bond acceptors (Lipinski definition) is 3. The van der Waals surface area contributed by atoms with E-state index in [0.717, 1.165) is 72.4 Å². The average molecular weight is 792 g/mol. The molecule has 9 aromatic carbocycles. The lowest BCUT2D eigenvalue weighted by atomic mass is 9.99. The van der Waals surface area contributed by atoms with Crippen LogP contribution in [0.4, 0.5) is 0 Å². The fourth-order valence-electron chi connectivity index (χ4n) is 9.15. The smallest absolute Gasteiger partial charge is 0.164 e. The summed E-state index contributed by atoms with van der Waals surface area (Å²) in [6.45, 7) is 0. The molecule has 0 spiro atoms. The van der Waals surface area contributed by atoms with Crippen LogP contribution in [0.15, 0.2) is 224 Å². The van der Waals surface area contributed by atoms with Crippen molar-refractivity contribution in [2.45, 2.75) is 0 Å². The lowest BCUT2D eigenvalue weighted by molar-refractivity contribution is 1.07. The highest BCUT2D eigenvalue weighted by Crippen LogP contribution is 2.40. The van der Waals surface area contributed by atoms with Crippen LogP contribution in [-0.2, 0) is 0 Å². The third-order valence-electron chi connectivity index (χ3n) is 12.0. The first kappa shape index (κ1) is 35.5. The largest absolute Gasteiger partial charge is 0.309 e. The van der Waals surface area contributed by atoms with Gasteiger partial charge >= 0.3 is 0 Å². The highest BCUT2D eigenvalue weighted by Gasteiger charge is 2.21. The lowest BCUT2D eigenvalue weighted by Gasteiger charge is -2.17. The van der Waals surface area contributed by atoms with E-state index in [2.05, 4.69) is 215 Å². The minimum Gasteiger partial charge on any atom is -0.309 e. The Morgan fingerprint density at radius 3 is 1.08 bits per heavy atom. The van der Waals surface area contributed by atoms with E-state index in [9.17, 15) is 0 Å². The summed E-state index contributed by atoms with van der Waals surface area (Å²) >= 11 is 0. The Balaban J connectivity index is 1.09.